The molecule has 0 aromatic heterocycles. The zero-order valence-corrected chi connectivity index (χ0v) is 8.73. The zero-order chi connectivity index (χ0) is 11.9. The topological polar surface area (TPSA) is 87.2 Å². The van der Waals surface area contributed by atoms with Gasteiger partial charge in [-0.2, -0.15) is 0 Å². The third-order valence-electron chi connectivity index (χ3n) is 2.66. The Morgan fingerprint density at radius 3 is 2.06 bits per heavy atom. The first-order chi connectivity index (χ1) is 7.54. The van der Waals surface area contributed by atoms with Crippen molar-refractivity contribution in [3.63, 3.8) is 0 Å². The Morgan fingerprint density at radius 1 is 1.25 bits per heavy atom. The maximum absolute atomic E-state index is 11.9. The maximum Gasteiger partial charge on any atom is 0.262 e. The third-order valence-corrected chi connectivity index (χ3v) is 2.66. The third kappa shape index (κ3) is 1.29. The summed E-state index contributed by atoms with van der Waals surface area (Å²) in [6.07, 6.45) is 0. The first-order valence-electron chi connectivity index (χ1n) is 4.85. The van der Waals surface area contributed by atoms with Crippen LogP contribution >= 0.6 is 0 Å². The first-order valence-corrected chi connectivity index (χ1v) is 4.85. The van der Waals surface area contributed by atoms with Crippen molar-refractivity contribution in [2.75, 3.05) is 0 Å². The smallest absolute Gasteiger partial charge is 0.262 e. The number of imide groups is 1. The lowest BCUT2D eigenvalue weighted by Gasteiger charge is -2.20. The highest BCUT2D eigenvalue weighted by molar-refractivity contribution is 6.22. The van der Waals surface area contributed by atoms with Gasteiger partial charge in [0.1, 0.15) is 5.84 Å². The molecule has 16 heavy (non-hydrogen) atoms. The second-order valence-electron chi connectivity index (χ2n) is 3.66. The van der Waals surface area contributed by atoms with Crippen LogP contribution in [-0.4, -0.2) is 28.6 Å². The number of carbonyl (C=O) groups is 2. The van der Waals surface area contributed by atoms with E-state index in [4.69, 9.17) is 11.1 Å². The summed E-state index contributed by atoms with van der Waals surface area (Å²) in [6, 6.07) is 5.90. The van der Waals surface area contributed by atoms with Gasteiger partial charge in [0.05, 0.1) is 17.2 Å². The van der Waals surface area contributed by atoms with Gasteiger partial charge in [-0.15, -0.1) is 0 Å². The van der Waals surface area contributed by atoms with E-state index in [9.17, 15) is 9.59 Å². The van der Waals surface area contributed by atoms with Crippen LogP contribution in [0.15, 0.2) is 24.3 Å². The van der Waals surface area contributed by atoms with Gasteiger partial charge in [-0.1, -0.05) is 12.1 Å². The SMILES string of the molecule is C[C@@H](C(=N)N)N1C(=O)c2ccccc2C1=O. The molecule has 1 aliphatic rings. The van der Waals surface area contributed by atoms with E-state index >= 15 is 0 Å². The number of amides is 2. The van der Waals surface area contributed by atoms with E-state index in [0.717, 1.165) is 4.90 Å². The molecule has 0 fully saturated rings. The molecule has 0 saturated carbocycles. The first kappa shape index (κ1) is 10.4. The molecular formula is C11H11N3O2. The van der Waals surface area contributed by atoms with Gasteiger partial charge in [0, 0.05) is 0 Å². The molecule has 82 valence electrons. The van der Waals surface area contributed by atoms with E-state index in [1.54, 1.807) is 31.2 Å². The summed E-state index contributed by atoms with van der Waals surface area (Å²) < 4.78 is 0. The molecule has 1 aliphatic heterocycles. The molecule has 3 N–H and O–H groups in total. The van der Waals surface area contributed by atoms with Crippen molar-refractivity contribution < 1.29 is 9.59 Å². The average Bonchev–Trinajstić information content (AvgIpc) is 2.52. The van der Waals surface area contributed by atoms with Crippen LogP contribution in [0.25, 0.3) is 0 Å². The van der Waals surface area contributed by atoms with Gasteiger partial charge in [0.25, 0.3) is 11.8 Å². The minimum Gasteiger partial charge on any atom is -0.386 e. The van der Waals surface area contributed by atoms with E-state index in [1.807, 2.05) is 0 Å². The molecule has 0 radical (unpaired) electrons. The van der Waals surface area contributed by atoms with E-state index in [2.05, 4.69) is 0 Å². The van der Waals surface area contributed by atoms with Gasteiger partial charge in [0.2, 0.25) is 0 Å². The van der Waals surface area contributed by atoms with Crippen LogP contribution in [0, 0.1) is 5.41 Å². The molecular weight excluding hydrogens is 206 g/mol. The van der Waals surface area contributed by atoms with Crippen LogP contribution in [-0.2, 0) is 0 Å². The lowest BCUT2D eigenvalue weighted by atomic mass is 10.1. The number of nitrogens with two attached hydrogens (primary N) is 1. The highest BCUT2D eigenvalue weighted by atomic mass is 16.2. The summed E-state index contributed by atoms with van der Waals surface area (Å²) in [7, 11) is 0. The quantitative estimate of drug-likeness (QED) is 0.432. The van der Waals surface area contributed by atoms with Crippen molar-refractivity contribution in [2.24, 2.45) is 5.73 Å². The molecule has 1 aromatic rings. The van der Waals surface area contributed by atoms with Crippen molar-refractivity contribution in [2.45, 2.75) is 13.0 Å². The number of fused-ring (bicyclic) bond motifs is 1. The number of nitrogens with zero attached hydrogens (tertiary/aromatic N) is 1. The number of nitrogens with one attached hydrogen (secondary N) is 1. The molecule has 5 heteroatoms. The predicted molar refractivity (Wildman–Crippen MR) is 58.3 cm³/mol. The van der Waals surface area contributed by atoms with Gasteiger partial charge < -0.3 is 5.73 Å². The van der Waals surface area contributed by atoms with Crippen LogP contribution in [0.1, 0.15) is 27.6 Å². The highest BCUT2D eigenvalue weighted by Crippen LogP contribution is 2.24. The summed E-state index contributed by atoms with van der Waals surface area (Å²) in [5.74, 6) is -0.971. The van der Waals surface area contributed by atoms with Gasteiger partial charge in [-0.3, -0.25) is 19.9 Å². The van der Waals surface area contributed by atoms with Crippen molar-refractivity contribution in [3.8, 4) is 0 Å². The molecule has 0 saturated heterocycles. The largest absolute Gasteiger partial charge is 0.386 e. The minimum atomic E-state index is -0.701. The summed E-state index contributed by atoms with van der Waals surface area (Å²) in [5.41, 5.74) is 6.06. The molecule has 0 bridgehead atoms. The van der Waals surface area contributed by atoms with Crippen molar-refractivity contribution in [3.05, 3.63) is 35.4 Å². The lowest BCUT2D eigenvalue weighted by Crippen LogP contribution is -2.45. The average molecular weight is 217 g/mol. The molecule has 2 amide bonds. The summed E-state index contributed by atoms with van der Waals surface area (Å²) in [6.45, 7) is 1.56. The number of hydrogen-bond acceptors (Lipinski definition) is 3. The van der Waals surface area contributed by atoms with Crippen LogP contribution in [0.5, 0.6) is 0 Å². The van der Waals surface area contributed by atoms with Crippen molar-refractivity contribution in [1.82, 2.24) is 4.90 Å². The zero-order valence-electron chi connectivity index (χ0n) is 8.73. The van der Waals surface area contributed by atoms with E-state index in [1.165, 1.54) is 0 Å². The van der Waals surface area contributed by atoms with Crippen LogP contribution < -0.4 is 5.73 Å². The van der Waals surface area contributed by atoms with E-state index in [-0.39, 0.29) is 17.6 Å². The van der Waals surface area contributed by atoms with E-state index < -0.39 is 6.04 Å². The summed E-state index contributed by atoms with van der Waals surface area (Å²) in [5, 5.41) is 7.28. The molecule has 0 unspecified atom stereocenters. The maximum atomic E-state index is 11.9. The number of benzene rings is 1. The van der Waals surface area contributed by atoms with Crippen molar-refractivity contribution in [1.29, 1.82) is 5.41 Å². The Labute approximate surface area is 92.4 Å². The molecule has 0 aliphatic carbocycles. The lowest BCUT2D eigenvalue weighted by molar-refractivity contribution is 0.0634. The molecule has 1 aromatic carbocycles. The molecule has 2 rings (SSSR count). The predicted octanol–water partition coefficient (Wildman–Crippen LogP) is 0.607. The normalized spacial score (nSPS) is 16.2. The number of hydrogen-bond donors (Lipinski definition) is 2. The Balaban J connectivity index is 2.46. The van der Waals surface area contributed by atoms with Crippen LogP contribution in [0.2, 0.25) is 0 Å². The number of rotatable bonds is 2. The van der Waals surface area contributed by atoms with Gasteiger partial charge in [-0.25, -0.2) is 0 Å². The Bertz CT molecular complexity index is 461. The Kier molecular flexibility index (Phi) is 2.23. The standard InChI is InChI=1S/C11H11N3O2/c1-6(9(12)13)14-10(15)7-4-2-3-5-8(7)11(14)16/h2-6H,1H3,(H3,12,13)/t6-/m0/s1. The number of carbonyl (C=O) groups excluding carboxylic acids is 2. The monoisotopic (exact) mass is 217 g/mol. The molecule has 0 spiro atoms. The molecule has 1 heterocycles. The van der Waals surface area contributed by atoms with Gasteiger partial charge in [0.15, 0.2) is 0 Å². The second-order valence-corrected chi connectivity index (χ2v) is 3.66. The Hall–Kier alpha value is -2.17. The fourth-order valence-corrected chi connectivity index (χ4v) is 1.70. The summed E-state index contributed by atoms with van der Waals surface area (Å²) >= 11 is 0. The van der Waals surface area contributed by atoms with Crippen molar-refractivity contribution >= 4 is 17.6 Å². The number of amidine groups is 1. The second kappa shape index (κ2) is 3.44. The van der Waals surface area contributed by atoms with Gasteiger partial charge in [-0.05, 0) is 19.1 Å². The Morgan fingerprint density at radius 2 is 1.69 bits per heavy atom. The van der Waals surface area contributed by atoms with Crippen LogP contribution in [0.3, 0.4) is 0 Å². The fourth-order valence-electron chi connectivity index (χ4n) is 1.70. The summed E-state index contributed by atoms with van der Waals surface area (Å²) in [4.78, 5) is 24.8. The molecule has 1 atom stereocenters. The fraction of sp³-hybridized carbons (Fsp3) is 0.182. The minimum absolute atomic E-state index is 0.200. The highest BCUT2D eigenvalue weighted by Gasteiger charge is 2.38. The van der Waals surface area contributed by atoms with Gasteiger partial charge >= 0.3 is 0 Å². The molecule has 5 nitrogen and oxygen atoms in total. The van der Waals surface area contributed by atoms with E-state index in [0.29, 0.717) is 11.1 Å². The van der Waals surface area contributed by atoms with Crippen LogP contribution in [0.4, 0.5) is 0 Å².